The molecule has 0 aliphatic rings. The second kappa shape index (κ2) is 10.8. The zero-order valence-corrected chi connectivity index (χ0v) is 11.8. The zero-order chi connectivity index (χ0) is 15.4. The molecule has 1 N–H and O–H groups in total. The Morgan fingerprint density at radius 1 is 1.15 bits per heavy atom. The largest absolute Gasteiger partial charge is 0.466 e. The van der Waals surface area contributed by atoms with Crippen molar-refractivity contribution in [2.75, 3.05) is 19.8 Å². The molecule has 1 amide bonds. The van der Waals surface area contributed by atoms with Gasteiger partial charge < -0.3 is 19.5 Å². The molecule has 0 aliphatic carbocycles. The molecule has 7 nitrogen and oxygen atoms in total. The van der Waals surface area contributed by atoms with Crippen molar-refractivity contribution in [2.24, 2.45) is 0 Å². The number of esters is 2. The molecule has 0 saturated carbocycles. The molecule has 0 aromatic carbocycles. The van der Waals surface area contributed by atoms with Gasteiger partial charge in [0.2, 0.25) is 0 Å². The van der Waals surface area contributed by atoms with Gasteiger partial charge in [-0.05, 0) is 20.3 Å². The van der Waals surface area contributed by atoms with E-state index in [0.29, 0.717) is 0 Å². The van der Waals surface area contributed by atoms with Crippen molar-refractivity contribution in [3.63, 3.8) is 0 Å². The molecule has 0 aromatic heterocycles. The van der Waals surface area contributed by atoms with E-state index in [0.717, 1.165) is 0 Å². The summed E-state index contributed by atoms with van der Waals surface area (Å²) in [7, 11) is 0. The number of carbonyl (C=O) groups is 3. The van der Waals surface area contributed by atoms with Gasteiger partial charge in [0.15, 0.2) is 0 Å². The zero-order valence-electron chi connectivity index (χ0n) is 11.8. The highest BCUT2D eigenvalue weighted by Crippen LogP contribution is 2.03. The van der Waals surface area contributed by atoms with Crippen LogP contribution in [-0.4, -0.2) is 43.9 Å². The second-order valence-electron chi connectivity index (χ2n) is 3.68. The van der Waals surface area contributed by atoms with Gasteiger partial charge in [-0.25, -0.2) is 9.59 Å². The van der Waals surface area contributed by atoms with Crippen molar-refractivity contribution in [3.8, 4) is 0 Å². The van der Waals surface area contributed by atoms with Crippen LogP contribution in [0.4, 0.5) is 4.79 Å². The number of nitrogens with one attached hydrogen (secondary N) is 1. The third-order valence-electron chi connectivity index (χ3n) is 2.14. The van der Waals surface area contributed by atoms with Crippen molar-refractivity contribution < 1.29 is 28.6 Å². The van der Waals surface area contributed by atoms with Gasteiger partial charge in [0, 0.05) is 6.42 Å². The Labute approximate surface area is 118 Å². The smallest absolute Gasteiger partial charge is 0.408 e. The van der Waals surface area contributed by atoms with Crippen LogP contribution >= 0.6 is 0 Å². The summed E-state index contributed by atoms with van der Waals surface area (Å²) in [5.41, 5.74) is 0. The van der Waals surface area contributed by atoms with Crippen LogP contribution in [0.5, 0.6) is 0 Å². The van der Waals surface area contributed by atoms with Gasteiger partial charge >= 0.3 is 18.0 Å². The molecular formula is C13H21NO6. The van der Waals surface area contributed by atoms with Crippen molar-refractivity contribution in [1.29, 1.82) is 0 Å². The quantitative estimate of drug-likeness (QED) is 0.389. The number of hydrogen-bond donors (Lipinski definition) is 1. The summed E-state index contributed by atoms with van der Waals surface area (Å²) in [6, 6.07) is -0.948. The number of hydrogen-bond acceptors (Lipinski definition) is 6. The Hall–Kier alpha value is -2.05. The Bertz CT molecular complexity index is 342. The first-order chi connectivity index (χ1) is 9.54. The van der Waals surface area contributed by atoms with Crippen LogP contribution in [-0.2, 0) is 23.8 Å². The van der Waals surface area contributed by atoms with Gasteiger partial charge in [-0.3, -0.25) is 4.79 Å². The number of carbonyl (C=O) groups excluding carboxylic acids is 3. The first-order valence-corrected chi connectivity index (χ1v) is 6.41. The Kier molecular flexibility index (Phi) is 9.72. The van der Waals surface area contributed by atoms with E-state index in [9.17, 15) is 14.4 Å². The van der Waals surface area contributed by atoms with Crippen LogP contribution in [0.1, 0.15) is 26.7 Å². The van der Waals surface area contributed by atoms with E-state index in [2.05, 4.69) is 11.9 Å². The molecule has 20 heavy (non-hydrogen) atoms. The van der Waals surface area contributed by atoms with E-state index in [4.69, 9.17) is 14.2 Å². The predicted molar refractivity (Wildman–Crippen MR) is 71.0 cm³/mol. The number of amides is 1. The van der Waals surface area contributed by atoms with Gasteiger partial charge in [0.25, 0.3) is 0 Å². The molecule has 0 fully saturated rings. The summed E-state index contributed by atoms with van der Waals surface area (Å²) in [5, 5.41) is 2.34. The van der Waals surface area contributed by atoms with E-state index in [-0.39, 0.29) is 32.7 Å². The maximum Gasteiger partial charge on any atom is 0.408 e. The van der Waals surface area contributed by atoms with Crippen molar-refractivity contribution >= 4 is 18.0 Å². The second-order valence-corrected chi connectivity index (χ2v) is 3.68. The standard InChI is InChI=1S/C13H21NO6/c1-4-9-20-13(17)14-10(12(16)19-6-3)7-8-11(15)18-5-2/h4,10H,1,5-9H2,2-3H3,(H,14,17)/t10-/m0/s1. The molecule has 0 aromatic rings. The van der Waals surface area contributed by atoms with E-state index in [1.807, 2.05) is 0 Å². The van der Waals surface area contributed by atoms with E-state index < -0.39 is 24.1 Å². The van der Waals surface area contributed by atoms with Crippen LogP contribution in [0.2, 0.25) is 0 Å². The summed E-state index contributed by atoms with van der Waals surface area (Å²) in [4.78, 5) is 34.3. The summed E-state index contributed by atoms with van der Waals surface area (Å²) in [5.74, 6) is -1.06. The van der Waals surface area contributed by atoms with Gasteiger partial charge in [-0.2, -0.15) is 0 Å². The molecule has 7 heteroatoms. The molecule has 114 valence electrons. The minimum absolute atomic E-state index is 0.000933. The lowest BCUT2D eigenvalue weighted by molar-refractivity contribution is -0.147. The lowest BCUT2D eigenvalue weighted by Crippen LogP contribution is -2.42. The van der Waals surface area contributed by atoms with Gasteiger partial charge in [0.05, 0.1) is 13.2 Å². The molecule has 0 heterocycles. The molecule has 0 bridgehead atoms. The molecule has 0 unspecified atom stereocenters. The fraction of sp³-hybridized carbons (Fsp3) is 0.615. The highest BCUT2D eigenvalue weighted by atomic mass is 16.6. The highest BCUT2D eigenvalue weighted by molar-refractivity contribution is 5.82. The third kappa shape index (κ3) is 8.12. The van der Waals surface area contributed by atoms with E-state index >= 15 is 0 Å². The van der Waals surface area contributed by atoms with E-state index in [1.54, 1.807) is 13.8 Å². The average molecular weight is 287 g/mol. The maximum absolute atomic E-state index is 11.7. The number of rotatable bonds is 9. The van der Waals surface area contributed by atoms with Gasteiger partial charge in [-0.1, -0.05) is 12.7 Å². The van der Waals surface area contributed by atoms with Crippen molar-refractivity contribution in [2.45, 2.75) is 32.7 Å². The Morgan fingerprint density at radius 3 is 2.35 bits per heavy atom. The van der Waals surface area contributed by atoms with Crippen LogP contribution < -0.4 is 5.32 Å². The summed E-state index contributed by atoms with van der Waals surface area (Å²) < 4.78 is 14.3. The van der Waals surface area contributed by atoms with Crippen LogP contribution in [0, 0.1) is 0 Å². The Morgan fingerprint density at radius 2 is 1.80 bits per heavy atom. The summed E-state index contributed by atoms with van der Waals surface area (Å²) in [6.07, 6.45) is 0.712. The Balaban J connectivity index is 4.40. The average Bonchev–Trinajstić information content (AvgIpc) is 2.41. The first kappa shape index (κ1) is 17.9. The third-order valence-corrected chi connectivity index (χ3v) is 2.14. The SMILES string of the molecule is C=CCOC(=O)N[C@@H](CCC(=O)OCC)C(=O)OCC. The molecule has 0 rings (SSSR count). The molecule has 0 saturated heterocycles. The lowest BCUT2D eigenvalue weighted by Gasteiger charge is -2.16. The predicted octanol–water partition coefficient (Wildman–Crippen LogP) is 1.17. The van der Waals surface area contributed by atoms with Crippen molar-refractivity contribution in [1.82, 2.24) is 5.32 Å². The summed E-state index contributed by atoms with van der Waals surface area (Å²) in [6.45, 7) is 7.20. The molecule has 0 aliphatic heterocycles. The fourth-order valence-electron chi connectivity index (χ4n) is 1.31. The highest BCUT2D eigenvalue weighted by Gasteiger charge is 2.23. The lowest BCUT2D eigenvalue weighted by atomic mass is 10.1. The molecule has 0 spiro atoms. The van der Waals surface area contributed by atoms with Crippen LogP contribution in [0.15, 0.2) is 12.7 Å². The molecular weight excluding hydrogens is 266 g/mol. The molecule has 0 radical (unpaired) electrons. The van der Waals surface area contributed by atoms with Crippen molar-refractivity contribution in [3.05, 3.63) is 12.7 Å². The minimum Gasteiger partial charge on any atom is -0.466 e. The van der Waals surface area contributed by atoms with Crippen LogP contribution in [0.25, 0.3) is 0 Å². The fourth-order valence-corrected chi connectivity index (χ4v) is 1.31. The molecule has 1 atom stereocenters. The maximum atomic E-state index is 11.7. The minimum atomic E-state index is -0.948. The topological polar surface area (TPSA) is 90.9 Å². The van der Waals surface area contributed by atoms with Crippen LogP contribution in [0.3, 0.4) is 0 Å². The number of alkyl carbamates (subject to hydrolysis) is 1. The van der Waals surface area contributed by atoms with E-state index in [1.165, 1.54) is 6.08 Å². The van der Waals surface area contributed by atoms with Gasteiger partial charge in [-0.15, -0.1) is 0 Å². The normalized spacial score (nSPS) is 11.1. The monoisotopic (exact) mass is 287 g/mol. The summed E-state index contributed by atoms with van der Waals surface area (Å²) >= 11 is 0. The number of ether oxygens (including phenoxy) is 3. The first-order valence-electron chi connectivity index (χ1n) is 6.41. The van der Waals surface area contributed by atoms with Gasteiger partial charge in [0.1, 0.15) is 12.6 Å².